The Labute approximate surface area is 155 Å². The fraction of sp³-hybridized carbons (Fsp3) is 0.368. The summed E-state index contributed by atoms with van der Waals surface area (Å²) in [5.74, 6) is 1.31. The van der Waals surface area contributed by atoms with Crippen LogP contribution in [0.3, 0.4) is 0 Å². The third-order valence-electron chi connectivity index (χ3n) is 4.74. The summed E-state index contributed by atoms with van der Waals surface area (Å²) in [4.78, 5) is 28.8. The first kappa shape index (κ1) is 16.9. The Morgan fingerprint density at radius 2 is 1.88 bits per heavy atom. The van der Waals surface area contributed by atoms with Crippen molar-refractivity contribution in [1.82, 2.24) is 4.90 Å². The smallest absolute Gasteiger partial charge is 0.263 e. The van der Waals surface area contributed by atoms with Gasteiger partial charge in [0.15, 0.2) is 11.5 Å². The molecule has 0 atom stereocenters. The van der Waals surface area contributed by atoms with Gasteiger partial charge in [0.25, 0.3) is 5.91 Å². The molecule has 26 heavy (non-hydrogen) atoms. The van der Waals surface area contributed by atoms with E-state index >= 15 is 0 Å². The molecule has 1 fully saturated rings. The number of nitrogens with one attached hydrogen (secondary N) is 1. The Balaban J connectivity index is 1.33. The maximum absolute atomic E-state index is 12.5. The van der Waals surface area contributed by atoms with Crippen molar-refractivity contribution in [3.63, 3.8) is 0 Å². The molecule has 0 bridgehead atoms. The molecule has 7 heteroatoms. The van der Waals surface area contributed by atoms with E-state index in [0.717, 1.165) is 9.75 Å². The number of nitrogens with zero attached hydrogens (tertiary/aromatic N) is 1. The average molecular weight is 372 g/mol. The van der Waals surface area contributed by atoms with Crippen LogP contribution in [-0.4, -0.2) is 36.6 Å². The number of amides is 2. The number of hydrogen-bond donors (Lipinski definition) is 1. The summed E-state index contributed by atoms with van der Waals surface area (Å²) in [5.41, 5.74) is 0.701. The van der Waals surface area contributed by atoms with Gasteiger partial charge in [-0.1, -0.05) is 0 Å². The van der Waals surface area contributed by atoms with E-state index in [0.29, 0.717) is 43.1 Å². The predicted octanol–water partition coefficient (Wildman–Crippen LogP) is 3.28. The summed E-state index contributed by atoms with van der Waals surface area (Å²) in [6.07, 6.45) is 1.35. The van der Waals surface area contributed by atoms with Crippen LogP contribution in [0.1, 0.15) is 27.4 Å². The van der Waals surface area contributed by atoms with Crippen LogP contribution in [0.15, 0.2) is 30.3 Å². The molecule has 0 radical (unpaired) electrons. The zero-order valence-corrected chi connectivity index (χ0v) is 15.3. The first-order valence-corrected chi connectivity index (χ1v) is 9.48. The number of anilines is 1. The lowest BCUT2D eigenvalue weighted by molar-refractivity contribution is -0.121. The van der Waals surface area contributed by atoms with Crippen molar-refractivity contribution >= 4 is 28.8 Å². The van der Waals surface area contributed by atoms with Gasteiger partial charge in [-0.05, 0) is 44.0 Å². The summed E-state index contributed by atoms with van der Waals surface area (Å²) >= 11 is 1.52. The number of likely N-dealkylation sites (tertiary alicyclic amines) is 1. The van der Waals surface area contributed by atoms with E-state index in [1.807, 2.05) is 30.0 Å². The Morgan fingerprint density at radius 1 is 1.12 bits per heavy atom. The number of thiophene rings is 1. The van der Waals surface area contributed by atoms with Crippen LogP contribution in [0.25, 0.3) is 0 Å². The number of carbonyl (C=O) groups excluding carboxylic acids is 2. The molecular weight excluding hydrogens is 352 g/mol. The molecule has 2 aliphatic heterocycles. The molecule has 0 saturated carbocycles. The van der Waals surface area contributed by atoms with Crippen LogP contribution in [0.5, 0.6) is 11.5 Å². The van der Waals surface area contributed by atoms with Crippen LogP contribution in [0, 0.1) is 12.8 Å². The second-order valence-corrected chi connectivity index (χ2v) is 7.82. The average Bonchev–Trinajstić information content (AvgIpc) is 3.29. The monoisotopic (exact) mass is 372 g/mol. The lowest BCUT2D eigenvalue weighted by Gasteiger charge is -2.31. The molecule has 0 spiro atoms. The van der Waals surface area contributed by atoms with Crippen LogP contribution in [-0.2, 0) is 4.79 Å². The van der Waals surface area contributed by atoms with Gasteiger partial charge in [-0.2, -0.15) is 0 Å². The highest BCUT2D eigenvalue weighted by molar-refractivity contribution is 7.13. The number of aryl methyl sites for hydroxylation is 1. The molecule has 1 aromatic heterocycles. The number of fused-ring (bicyclic) bond motifs is 1. The number of piperidine rings is 1. The number of benzene rings is 1. The van der Waals surface area contributed by atoms with Gasteiger partial charge in [-0.15, -0.1) is 11.3 Å². The lowest BCUT2D eigenvalue weighted by Crippen LogP contribution is -2.41. The summed E-state index contributed by atoms with van der Waals surface area (Å²) in [6.45, 7) is 3.42. The molecule has 3 heterocycles. The van der Waals surface area contributed by atoms with Gasteiger partial charge in [-0.3, -0.25) is 9.59 Å². The van der Waals surface area contributed by atoms with Crippen LogP contribution in [0.2, 0.25) is 0 Å². The molecular formula is C19H20N2O4S. The molecule has 2 amide bonds. The van der Waals surface area contributed by atoms with Gasteiger partial charge < -0.3 is 19.7 Å². The van der Waals surface area contributed by atoms with Gasteiger partial charge in [0.05, 0.1) is 4.88 Å². The zero-order valence-electron chi connectivity index (χ0n) is 14.5. The standard InChI is InChI=1S/C19H20N2O4S/c1-12-2-5-17(26-12)19(23)21-8-6-13(7-9-21)18(22)20-14-3-4-15-16(10-14)25-11-24-15/h2-5,10,13H,6-9,11H2,1H3,(H,20,22). The van der Waals surface area contributed by atoms with Crippen LogP contribution >= 0.6 is 11.3 Å². The lowest BCUT2D eigenvalue weighted by atomic mass is 9.95. The summed E-state index contributed by atoms with van der Waals surface area (Å²) in [7, 11) is 0. The molecule has 2 aromatic rings. The van der Waals surface area contributed by atoms with Gasteiger partial charge in [0.1, 0.15) is 0 Å². The Hall–Kier alpha value is -2.54. The summed E-state index contributed by atoms with van der Waals surface area (Å²) < 4.78 is 10.6. The zero-order chi connectivity index (χ0) is 18.1. The van der Waals surface area contributed by atoms with E-state index in [1.165, 1.54) is 11.3 Å². The fourth-order valence-corrected chi connectivity index (χ4v) is 4.10. The van der Waals surface area contributed by atoms with Crippen LogP contribution in [0.4, 0.5) is 5.69 Å². The highest BCUT2D eigenvalue weighted by Gasteiger charge is 2.28. The summed E-state index contributed by atoms with van der Waals surface area (Å²) in [5, 5.41) is 2.94. The predicted molar refractivity (Wildman–Crippen MR) is 98.9 cm³/mol. The summed E-state index contributed by atoms with van der Waals surface area (Å²) in [6, 6.07) is 9.22. The maximum Gasteiger partial charge on any atom is 0.263 e. The van der Waals surface area contributed by atoms with Crippen molar-refractivity contribution < 1.29 is 19.1 Å². The third kappa shape index (κ3) is 3.39. The van der Waals surface area contributed by atoms with Gasteiger partial charge in [0.2, 0.25) is 12.7 Å². The first-order chi connectivity index (χ1) is 12.6. The largest absolute Gasteiger partial charge is 0.454 e. The molecule has 4 rings (SSSR count). The van der Waals surface area contributed by atoms with E-state index in [1.54, 1.807) is 12.1 Å². The van der Waals surface area contributed by atoms with Crippen molar-refractivity contribution in [2.75, 3.05) is 25.2 Å². The molecule has 0 aliphatic carbocycles. The van der Waals surface area contributed by atoms with Gasteiger partial charge in [0, 0.05) is 35.6 Å². The van der Waals surface area contributed by atoms with Gasteiger partial charge in [-0.25, -0.2) is 0 Å². The SMILES string of the molecule is Cc1ccc(C(=O)N2CCC(C(=O)Nc3ccc4c(c3)OCO4)CC2)s1. The highest BCUT2D eigenvalue weighted by Crippen LogP contribution is 2.34. The number of ether oxygens (including phenoxy) is 2. The van der Waals surface area contributed by atoms with E-state index in [-0.39, 0.29) is 24.5 Å². The minimum atomic E-state index is -0.0884. The first-order valence-electron chi connectivity index (χ1n) is 8.66. The normalized spacial score (nSPS) is 16.6. The molecule has 2 aliphatic rings. The maximum atomic E-state index is 12.5. The van der Waals surface area contributed by atoms with Crippen molar-refractivity contribution in [2.24, 2.45) is 5.92 Å². The highest BCUT2D eigenvalue weighted by atomic mass is 32.1. The minimum absolute atomic E-state index is 0.0112. The third-order valence-corrected chi connectivity index (χ3v) is 5.73. The molecule has 0 unspecified atom stereocenters. The molecule has 1 saturated heterocycles. The van der Waals surface area contributed by atoms with Crippen LogP contribution < -0.4 is 14.8 Å². The molecule has 6 nitrogen and oxygen atoms in total. The number of rotatable bonds is 3. The second-order valence-electron chi connectivity index (χ2n) is 6.53. The molecule has 136 valence electrons. The van der Waals surface area contributed by atoms with E-state index in [4.69, 9.17) is 9.47 Å². The Morgan fingerprint density at radius 3 is 2.62 bits per heavy atom. The molecule has 1 N–H and O–H groups in total. The fourth-order valence-electron chi connectivity index (χ4n) is 3.27. The Bertz CT molecular complexity index is 840. The molecule has 1 aromatic carbocycles. The number of carbonyl (C=O) groups is 2. The number of hydrogen-bond acceptors (Lipinski definition) is 5. The van der Waals surface area contributed by atoms with E-state index < -0.39 is 0 Å². The quantitative estimate of drug-likeness (QED) is 0.898. The van der Waals surface area contributed by atoms with Crippen molar-refractivity contribution in [3.05, 3.63) is 40.1 Å². The Kier molecular flexibility index (Phi) is 4.55. The second kappa shape index (κ2) is 6.99. The van der Waals surface area contributed by atoms with E-state index in [2.05, 4.69) is 5.32 Å². The van der Waals surface area contributed by atoms with Gasteiger partial charge >= 0.3 is 0 Å². The van der Waals surface area contributed by atoms with E-state index in [9.17, 15) is 9.59 Å². The van der Waals surface area contributed by atoms with Crippen molar-refractivity contribution in [3.8, 4) is 11.5 Å². The topological polar surface area (TPSA) is 67.9 Å². The van der Waals surface area contributed by atoms with Crippen molar-refractivity contribution in [1.29, 1.82) is 0 Å². The minimum Gasteiger partial charge on any atom is -0.454 e. The van der Waals surface area contributed by atoms with Crippen molar-refractivity contribution in [2.45, 2.75) is 19.8 Å².